The molecule has 0 bridgehead atoms. The molecule has 2 rings (SSSR count). The first-order valence-electron chi connectivity index (χ1n) is 7.04. The van der Waals surface area contributed by atoms with Crippen LogP contribution < -0.4 is 15.4 Å². The van der Waals surface area contributed by atoms with E-state index in [9.17, 15) is 0 Å². The maximum atomic E-state index is 5.97. The smallest absolute Gasteiger partial charge is 0.123 e. The van der Waals surface area contributed by atoms with Gasteiger partial charge in [-0.1, -0.05) is 13.3 Å². The Kier molecular flexibility index (Phi) is 4.34. The highest BCUT2D eigenvalue weighted by atomic mass is 16.5. The van der Waals surface area contributed by atoms with Crippen molar-refractivity contribution >= 4 is 11.4 Å². The lowest BCUT2D eigenvalue weighted by atomic mass is 10.2. The molecule has 1 aliphatic carbocycles. The molecule has 0 radical (unpaired) electrons. The summed E-state index contributed by atoms with van der Waals surface area (Å²) in [5.41, 5.74) is 7.98. The molecule has 0 amide bonds. The molecule has 0 saturated heterocycles. The van der Waals surface area contributed by atoms with Crippen LogP contribution in [0.4, 0.5) is 11.4 Å². The first-order chi connectivity index (χ1) is 8.74. The molecular formula is C15H24N2O. The van der Waals surface area contributed by atoms with Crippen molar-refractivity contribution in [1.82, 2.24) is 0 Å². The van der Waals surface area contributed by atoms with Gasteiger partial charge in [-0.25, -0.2) is 0 Å². The fourth-order valence-corrected chi connectivity index (χ4v) is 2.26. The molecular weight excluding hydrogens is 224 g/mol. The van der Waals surface area contributed by atoms with Gasteiger partial charge >= 0.3 is 0 Å². The van der Waals surface area contributed by atoms with Crippen LogP contribution in [0.3, 0.4) is 0 Å². The Balaban J connectivity index is 2.17. The zero-order valence-corrected chi connectivity index (χ0v) is 11.5. The Labute approximate surface area is 110 Å². The fraction of sp³-hybridized carbons (Fsp3) is 0.600. The van der Waals surface area contributed by atoms with Crippen molar-refractivity contribution < 1.29 is 4.74 Å². The monoisotopic (exact) mass is 248 g/mol. The second-order valence-electron chi connectivity index (χ2n) is 4.97. The number of benzene rings is 1. The minimum Gasteiger partial charge on any atom is -0.494 e. The lowest BCUT2D eigenvalue weighted by Gasteiger charge is -2.25. The molecule has 1 aromatic carbocycles. The highest BCUT2D eigenvalue weighted by Gasteiger charge is 2.29. The zero-order chi connectivity index (χ0) is 13.0. The second-order valence-corrected chi connectivity index (χ2v) is 4.97. The average molecular weight is 248 g/mol. The first-order valence-corrected chi connectivity index (χ1v) is 7.04. The van der Waals surface area contributed by atoms with Crippen molar-refractivity contribution in [2.45, 2.75) is 45.6 Å². The van der Waals surface area contributed by atoms with Crippen LogP contribution in [-0.4, -0.2) is 19.2 Å². The number of hydrogen-bond acceptors (Lipinski definition) is 3. The Morgan fingerprint density at radius 3 is 2.67 bits per heavy atom. The Bertz CT molecular complexity index is 388. The predicted molar refractivity (Wildman–Crippen MR) is 77.3 cm³/mol. The van der Waals surface area contributed by atoms with E-state index in [1.54, 1.807) is 0 Å². The third-order valence-corrected chi connectivity index (χ3v) is 3.30. The van der Waals surface area contributed by atoms with Crippen molar-refractivity contribution in [3.63, 3.8) is 0 Å². The second kappa shape index (κ2) is 5.98. The highest BCUT2D eigenvalue weighted by Crippen LogP contribution is 2.34. The van der Waals surface area contributed by atoms with E-state index in [-0.39, 0.29) is 0 Å². The van der Waals surface area contributed by atoms with Gasteiger partial charge in [0.05, 0.1) is 6.61 Å². The summed E-state index contributed by atoms with van der Waals surface area (Å²) in [6.45, 7) is 6.03. The maximum absolute atomic E-state index is 5.97. The van der Waals surface area contributed by atoms with Crippen LogP contribution in [0.25, 0.3) is 0 Å². The Morgan fingerprint density at radius 1 is 1.28 bits per heavy atom. The molecule has 1 fully saturated rings. The first kappa shape index (κ1) is 13.1. The molecule has 1 aliphatic rings. The molecule has 100 valence electrons. The molecule has 18 heavy (non-hydrogen) atoms. The SMILES string of the molecule is CCCCN(c1cc(N)cc(OCC)c1)C1CC1. The van der Waals surface area contributed by atoms with Gasteiger partial charge in [0.25, 0.3) is 0 Å². The molecule has 3 nitrogen and oxygen atoms in total. The Morgan fingerprint density at radius 2 is 2.06 bits per heavy atom. The van der Waals surface area contributed by atoms with Crippen LogP contribution in [0.15, 0.2) is 18.2 Å². The van der Waals surface area contributed by atoms with Crippen LogP contribution >= 0.6 is 0 Å². The predicted octanol–water partition coefficient (Wildman–Crippen LogP) is 3.44. The fourth-order valence-electron chi connectivity index (χ4n) is 2.26. The summed E-state index contributed by atoms with van der Waals surface area (Å²) in [4.78, 5) is 2.49. The van der Waals surface area contributed by atoms with E-state index in [0.29, 0.717) is 12.6 Å². The molecule has 0 heterocycles. The van der Waals surface area contributed by atoms with Crippen molar-refractivity contribution in [2.24, 2.45) is 0 Å². The Hall–Kier alpha value is -1.38. The van der Waals surface area contributed by atoms with Gasteiger partial charge in [-0.3, -0.25) is 0 Å². The van der Waals surface area contributed by atoms with Gasteiger partial charge in [0, 0.05) is 36.1 Å². The van der Waals surface area contributed by atoms with E-state index in [1.165, 1.54) is 31.4 Å². The normalized spacial score (nSPS) is 14.6. The summed E-state index contributed by atoms with van der Waals surface area (Å²) < 4.78 is 5.58. The largest absolute Gasteiger partial charge is 0.494 e. The topological polar surface area (TPSA) is 38.5 Å². The third-order valence-electron chi connectivity index (χ3n) is 3.30. The van der Waals surface area contributed by atoms with Crippen molar-refractivity contribution in [2.75, 3.05) is 23.8 Å². The van der Waals surface area contributed by atoms with E-state index in [0.717, 1.165) is 18.0 Å². The van der Waals surface area contributed by atoms with Crippen molar-refractivity contribution in [3.05, 3.63) is 18.2 Å². The van der Waals surface area contributed by atoms with Gasteiger partial charge in [0.2, 0.25) is 0 Å². The van der Waals surface area contributed by atoms with E-state index < -0.39 is 0 Å². The molecule has 0 spiro atoms. The van der Waals surface area contributed by atoms with Crippen molar-refractivity contribution in [1.29, 1.82) is 0 Å². The minimum atomic E-state index is 0.682. The molecule has 0 aliphatic heterocycles. The van der Waals surface area contributed by atoms with Crippen molar-refractivity contribution in [3.8, 4) is 5.75 Å². The average Bonchev–Trinajstić information content (AvgIpc) is 3.14. The summed E-state index contributed by atoms with van der Waals surface area (Å²) in [6, 6.07) is 6.80. The van der Waals surface area contributed by atoms with E-state index >= 15 is 0 Å². The number of nitrogens with two attached hydrogens (primary N) is 1. The molecule has 1 saturated carbocycles. The molecule has 0 atom stereocenters. The molecule has 2 N–H and O–H groups in total. The van der Waals surface area contributed by atoms with Crippen LogP contribution in [0.1, 0.15) is 39.5 Å². The van der Waals surface area contributed by atoms with Gasteiger partial charge in [0.15, 0.2) is 0 Å². The van der Waals surface area contributed by atoms with Gasteiger partial charge in [-0.2, -0.15) is 0 Å². The number of ether oxygens (including phenoxy) is 1. The summed E-state index contributed by atoms with van der Waals surface area (Å²) in [6.07, 6.45) is 5.07. The lowest BCUT2D eigenvalue weighted by Crippen LogP contribution is -2.26. The summed E-state index contributed by atoms with van der Waals surface area (Å²) in [5.74, 6) is 0.884. The van der Waals surface area contributed by atoms with Gasteiger partial charge in [-0.15, -0.1) is 0 Å². The number of anilines is 2. The van der Waals surface area contributed by atoms with E-state index in [2.05, 4.69) is 24.0 Å². The van der Waals surface area contributed by atoms with Crippen LogP contribution in [0.2, 0.25) is 0 Å². The van der Waals surface area contributed by atoms with Gasteiger partial charge < -0.3 is 15.4 Å². The zero-order valence-electron chi connectivity index (χ0n) is 11.5. The summed E-state index contributed by atoms with van der Waals surface area (Å²) in [7, 11) is 0. The molecule has 1 aromatic rings. The molecule has 3 heteroatoms. The third kappa shape index (κ3) is 3.31. The van der Waals surface area contributed by atoms with Crippen LogP contribution in [0.5, 0.6) is 5.75 Å². The van der Waals surface area contributed by atoms with Gasteiger partial charge in [-0.05, 0) is 32.3 Å². The number of nitrogen functional groups attached to an aromatic ring is 1. The van der Waals surface area contributed by atoms with Crippen LogP contribution in [-0.2, 0) is 0 Å². The molecule has 0 unspecified atom stereocenters. The van der Waals surface area contributed by atoms with Gasteiger partial charge in [0.1, 0.15) is 5.75 Å². The summed E-state index contributed by atoms with van der Waals surface area (Å²) >= 11 is 0. The summed E-state index contributed by atoms with van der Waals surface area (Å²) in [5, 5.41) is 0. The lowest BCUT2D eigenvalue weighted by molar-refractivity contribution is 0.340. The van der Waals surface area contributed by atoms with E-state index in [1.807, 2.05) is 13.0 Å². The maximum Gasteiger partial charge on any atom is 0.123 e. The standard InChI is InChI=1S/C15H24N2O/c1-3-5-8-17(13-6-7-13)14-9-12(16)10-15(11-14)18-4-2/h9-11,13H,3-8,16H2,1-2H3. The van der Waals surface area contributed by atoms with E-state index in [4.69, 9.17) is 10.5 Å². The number of rotatable bonds is 7. The molecule has 0 aromatic heterocycles. The number of unbranched alkanes of at least 4 members (excludes halogenated alkanes) is 1. The van der Waals surface area contributed by atoms with Crippen LogP contribution in [0, 0.1) is 0 Å². The minimum absolute atomic E-state index is 0.682. The number of nitrogens with zero attached hydrogens (tertiary/aromatic N) is 1. The highest BCUT2D eigenvalue weighted by molar-refractivity contribution is 5.61. The number of hydrogen-bond donors (Lipinski definition) is 1. The quantitative estimate of drug-likeness (QED) is 0.751.